The molecule has 2 N–H and O–H groups in total. The summed E-state index contributed by atoms with van der Waals surface area (Å²) in [6.45, 7) is 0.775. The van der Waals surface area contributed by atoms with Crippen molar-refractivity contribution in [1.82, 2.24) is 9.88 Å². The Morgan fingerprint density at radius 3 is 2.42 bits per heavy atom. The Hall–Kier alpha value is -3.07. The van der Waals surface area contributed by atoms with E-state index in [-0.39, 0.29) is 12.4 Å². The topological polar surface area (TPSA) is 83.6 Å². The second-order valence-corrected chi connectivity index (χ2v) is 9.72. The lowest BCUT2D eigenvalue weighted by molar-refractivity contribution is 0.404. The summed E-state index contributed by atoms with van der Waals surface area (Å²) >= 11 is 0. The minimum atomic E-state index is -3.38. The number of methoxy groups -OCH3 is 1. The van der Waals surface area contributed by atoms with Crippen LogP contribution in [0.25, 0.3) is 21.8 Å². The number of nitrogens with one attached hydrogen (secondary N) is 2. The van der Waals surface area contributed by atoms with Crippen LogP contribution in [0.1, 0.15) is 5.56 Å². The molecule has 4 aromatic rings. The van der Waals surface area contributed by atoms with Gasteiger partial charge < -0.3 is 15.0 Å². The first-order valence-corrected chi connectivity index (χ1v) is 12.0. The zero-order valence-corrected chi connectivity index (χ0v) is 20.5. The van der Waals surface area contributed by atoms with Crippen molar-refractivity contribution in [3.05, 3.63) is 66.2 Å². The Labute approximate surface area is 200 Å². The Kier molecular flexibility index (Phi) is 7.31. The Morgan fingerprint density at radius 2 is 1.73 bits per heavy atom. The molecule has 0 aliphatic rings. The Bertz CT molecular complexity index is 1410. The van der Waals surface area contributed by atoms with Crippen molar-refractivity contribution >= 4 is 61.3 Å². The normalized spacial score (nSPS) is 11.4. The highest BCUT2D eigenvalue weighted by Crippen LogP contribution is 2.38. The molecule has 0 atom stereocenters. The lowest BCUT2D eigenvalue weighted by atomic mass is 10.0. The van der Waals surface area contributed by atoms with Gasteiger partial charge in [-0.15, -0.1) is 12.4 Å². The lowest BCUT2D eigenvalue weighted by Gasteiger charge is -2.18. The van der Waals surface area contributed by atoms with Crippen molar-refractivity contribution in [3.63, 3.8) is 0 Å². The number of pyridine rings is 1. The van der Waals surface area contributed by atoms with Gasteiger partial charge in [0.1, 0.15) is 5.75 Å². The maximum atomic E-state index is 11.6. The van der Waals surface area contributed by atoms with Gasteiger partial charge in [0.05, 0.1) is 41.5 Å². The van der Waals surface area contributed by atoms with E-state index >= 15 is 0 Å². The first-order chi connectivity index (χ1) is 15.2. The van der Waals surface area contributed by atoms with E-state index in [2.05, 4.69) is 27.1 Å². The zero-order chi connectivity index (χ0) is 22.9. The van der Waals surface area contributed by atoms with Crippen LogP contribution >= 0.6 is 12.4 Å². The molecule has 0 aliphatic carbocycles. The van der Waals surface area contributed by atoms with Crippen molar-refractivity contribution in [1.29, 1.82) is 0 Å². The van der Waals surface area contributed by atoms with E-state index in [4.69, 9.17) is 9.72 Å². The van der Waals surface area contributed by atoms with Crippen LogP contribution < -0.4 is 14.8 Å². The van der Waals surface area contributed by atoms with Crippen molar-refractivity contribution in [3.8, 4) is 5.75 Å². The standard InChI is InChI=1S/C24H26N4O3S.ClH/c1-28(2)15-16-8-7-10-19-23(16)25-20-11-6-5-9-18(20)24(19)26-21-13-12-17(14-22(21)31-3)27-32(4,29)30;/h5-14,27H,15H2,1-4H3,(H,25,26);1H. The molecule has 0 unspecified atom stereocenters. The molecular formula is C24H27ClN4O3S. The molecule has 4 rings (SSSR count). The van der Waals surface area contributed by atoms with Crippen LogP contribution in [0.15, 0.2) is 60.7 Å². The summed E-state index contributed by atoms with van der Waals surface area (Å²) in [4.78, 5) is 7.08. The third-order valence-electron chi connectivity index (χ3n) is 5.05. The van der Waals surface area contributed by atoms with Crippen LogP contribution in [-0.2, 0) is 16.6 Å². The molecule has 0 saturated heterocycles. The van der Waals surface area contributed by atoms with Gasteiger partial charge in [-0.1, -0.05) is 36.4 Å². The van der Waals surface area contributed by atoms with E-state index in [1.54, 1.807) is 25.3 Å². The number of para-hydroxylation sites is 2. The minimum Gasteiger partial charge on any atom is -0.494 e. The van der Waals surface area contributed by atoms with Crippen molar-refractivity contribution in [2.75, 3.05) is 37.5 Å². The summed E-state index contributed by atoms with van der Waals surface area (Å²) in [5.74, 6) is 0.525. The number of fused-ring (bicyclic) bond motifs is 2. The number of nitrogens with zero attached hydrogens (tertiary/aromatic N) is 2. The minimum absolute atomic E-state index is 0. The summed E-state index contributed by atoms with van der Waals surface area (Å²) in [7, 11) is 2.25. The number of hydrogen-bond donors (Lipinski definition) is 2. The van der Waals surface area contributed by atoms with E-state index < -0.39 is 10.0 Å². The maximum Gasteiger partial charge on any atom is 0.229 e. The highest BCUT2D eigenvalue weighted by atomic mass is 35.5. The number of sulfonamides is 1. The van der Waals surface area contributed by atoms with E-state index in [1.807, 2.05) is 44.4 Å². The third-order valence-corrected chi connectivity index (χ3v) is 5.65. The van der Waals surface area contributed by atoms with E-state index in [0.29, 0.717) is 11.4 Å². The van der Waals surface area contributed by atoms with Gasteiger partial charge in [0, 0.05) is 23.4 Å². The molecule has 7 nitrogen and oxygen atoms in total. The van der Waals surface area contributed by atoms with Crippen LogP contribution in [0.2, 0.25) is 0 Å². The molecule has 0 spiro atoms. The predicted octanol–water partition coefficient (Wildman–Crippen LogP) is 5.00. The number of benzene rings is 3. The molecule has 0 radical (unpaired) electrons. The molecule has 0 saturated carbocycles. The van der Waals surface area contributed by atoms with Crippen LogP contribution in [0.3, 0.4) is 0 Å². The van der Waals surface area contributed by atoms with Gasteiger partial charge in [-0.2, -0.15) is 0 Å². The first-order valence-electron chi connectivity index (χ1n) is 10.1. The third kappa shape index (κ3) is 5.47. The van der Waals surface area contributed by atoms with E-state index in [0.717, 1.165) is 51.5 Å². The summed E-state index contributed by atoms with van der Waals surface area (Å²) in [6, 6.07) is 19.4. The van der Waals surface area contributed by atoms with Crippen molar-refractivity contribution in [2.45, 2.75) is 6.54 Å². The zero-order valence-electron chi connectivity index (χ0n) is 18.9. The van der Waals surface area contributed by atoms with Gasteiger partial charge >= 0.3 is 0 Å². The molecule has 3 aromatic carbocycles. The summed E-state index contributed by atoms with van der Waals surface area (Å²) < 4.78 is 31.2. The highest BCUT2D eigenvalue weighted by Gasteiger charge is 2.15. The fraction of sp³-hybridized carbons (Fsp3) is 0.208. The van der Waals surface area contributed by atoms with E-state index in [9.17, 15) is 8.42 Å². The Morgan fingerprint density at radius 1 is 1.00 bits per heavy atom. The number of anilines is 3. The number of halogens is 1. The van der Waals surface area contributed by atoms with Crippen molar-refractivity contribution < 1.29 is 13.2 Å². The van der Waals surface area contributed by atoms with Gasteiger partial charge in [0.15, 0.2) is 0 Å². The summed E-state index contributed by atoms with van der Waals surface area (Å²) in [5, 5.41) is 5.52. The number of hydrogen-bond acceptors (Lipinski definition) is 6. The smallest absolute Gasteiger partial charge is 0.229 e. The first kappa shape index (κ1) is 24.6. The maximum absolute atomic E-state index is 11.6. The van der Waals surface area contributed by atoms with Crippen LogP contribution in [-0.4, -0.2) is 45.8 Å². The molecular weight excluding hydrogens is 460 g/mol. The van der Waals surface area contributed by atoms with Gasteiger partial charge in [-0.25, -0.2) is 13.4 Å². The molecule has 0 bridgehead atoms. The second-order valence-electron chi connectivity index (χ2n) is 7.97. The van der Waals surface area contributed by atoms with Gasteiger partial charge in [-0.3, -0.25) is 4.72 Å². The van der Waals surface area contributed by atoms with Crippen LogP contribution in [0.4, 0.5) is 17.1 Å². The van der Waals surface area contributed by atoms with Crippen LogP contribution in [0, 0.1) is 0 Å². The molecule has 0 fully saturated rings. The molecule has 9 heteroatoms. The SMILES string of the molecule is COc1cc(NS(C)(=O)=O)ccc1Nc1c2ccccc2nc2c(CN(C)C)cccc12.Cl. The van der Waals surface area contributed by atoms with Gasteiger partial charge in [0.25, 0.3) is 0 Å². The second kappa shape index (κ2) is 9.82. The molecule has 1 heterocycles. The largest absolute Gasteiger partial charge is 0.494 e. The summed E-state index contributed by atoms with van der Waals surface area (Å²) in [5.41, 5.74) is 5.06. The lowest BCUT2D eigenvalue weighted by Crippen LogP contribution is -2.11. The quantitative estimate of drug-likeness (QED) is 0.358. The predicted molar refractivity (Wildman–Crippen MR) is 139 cm³/mol. The molecule has 174 valence electrons. The average molecular weight is 487 g/mol. The molecule has 33 heavy (non-hydrogen) atoms. The number of rotatable bonds is 7. The van der Waals surface area contributed by atoms with Crippen LogP contribution in [0.5, 0.6) is 5.75 Å². The monoisotopic (exact) mass is 486 g/mol. The average Bonchev–Trinajstić information content (AvgIpc) is 2.73. The summed E-state index contributed by atoms with van der Waals surface area (Å²) in [6.07, 6.45) is 1.12. The fourth-order valence-corrected chi connectivity index (χ4v) is 4.34. The molecule has 0 amide bonds. The fourth-order valence-electron chi connectivity index (χ4n) is 3.78. The molecule has 0 aliphatic heterocycles. The van der Waals surface area contributed by atoms with Gasteiger partial charge in [-0.05, 0) is 37.9 Å². The van der Waals surface area contributed by atoms with Gasteiger partial charge in [0.2, 0.25) is 10.0 Å². The number of aromatic nitrogens is 1. The van der Waals surface area contributed by atoms with Crippen molar-refractivity contribution in [2.24, 2.45) is 0 Å². The Balaban J connectivity index is 0.00000306. The molecule has 1 aromatic heterocycles. The van der Waals surface area contributed by atoms with E-state index in [1.165, 1.54) is 0 Å². The highest BCUT2D eigenvalue weighted by molar-refractivity contribution is 7.92. The number of ether oxygens (including phenoxy) is 1.